The van der Waals surface area contributed by atoms with Gasteiger partial charge in [0.15, 0.2) is 5.82 Å². The molecule has 1 unspecified atom stereocenters. The van der Waals surface area contributed by atoms with Crippen molar-refractivity contribution >= 4 is 33.3 Å². The first-order valence-electron chi connectivity index (χ1n) is 6.78. The fraction of sp³-hybridized carbons (Fsp3) is 0.538. The van der Waals surface area contributed by atoms with Gasteiger partial charge in [-0.25, -0.2) is 10.8 Å². The van der Waals surface area contributed by atoms with Gasteiger partial charge in [-0.2, -0.15) is 4.98 Å². The summed E-state index contributed by atoms with van der Waals surface area (Å²) >= 11 is 1.70. The summed E-state index contributed by atoms with van der Waals surface area (Å²) in [5.74, 6) is 7.79. The average Bonchev–Trinajstić information content (AvgIpc) is 3.06. The van der Waals surface area contributed by atoms with Gasteiger partial charge in [-0.1, -0.05) is 13.3 Å². The Morgan fingerprint density at radius 1 is 1.53 bits per heavy atom. The van der Waals surface area contributed by atoms with Crippen molar-refractivity contribution in [1.82, 2.24) is 9.97 Å². The molecule has 0 aromatic carbocycles. The standard InChI is InChI=1S/C13H19N5S/c1-2-3-9-4-6-18(8-9)12-11-10(5-7-19-11)15-13(16-12)17-14/h5,7,9H,2-4,6,8,14H2,1H3,(H,15,16,17). The van der Waals surface area contributed by atoms with Gasteiger partial charge in [0.2, 0.25) is 5.95 Å². The van der Waals surface area contributed by atoms with Crippen LogP contribution in [0, 0.1) is 5.92 Å². The largest absolute Gasteiger partial charge is 0.355 e. The predicted octanol–water partition coefficient (Wildman–Crippen LogP) is 2.60. The lowest BCUT2D eigenvalue weighted by Crippen LogP contribution is -2.22. The van der Waals surface area contributed by atoms with Crippen LogP contribution >= 0.6 is 11.3 Å². The summed E-state index contributed by atoms with van der Waals surface area (Å²) in [6, 6.07) is 2.02. The van der Waals surface area contributed by atoms with Crippen molar-refractivity contribution in [3.8, 4) is 0 Å². The summed E-state index contributed by atoms with van der Waals surface area (Å²) in [6.07, 6.45) is 3.82. The van der Waals surface area contributed by atoms with Crippen molar-refractivity contribution in [2.24, 2.45) is 11.8 Å². The Bertz CT molecular complexity index is 567. The third-order valence-electron chi connectivity index (χ3n) is 3.70. The van der Waals surface area contributed by atoms with Crippen LogP contribution < -0.4 is 16.2 Å². The normalized spacial score (nSPS) is 19.3. The molecule has 0 saturated carbocycles. The number of fused-ring (bicyclic) bond motifs is 1. The molecule has 2 aromatic heterocycles. The van der Waals surface area contributed by atoms with Crippen molar-refractivity contribution in [2.75, 3.05) is 23.4 Å². The maximum atomic E-state index is 5.46. The number of rotatable bonds is 4. The zero-order chi connectivity index (χ0) is 13.2. The van der Waals surface area contributed by atoms with E-state index in [1.807, 2.05) is 6.07 Å². The van der Waals surface area contributed by atoms with Gasteiger partial charge in [0.1, 0.15) is 0 Å². The molecule has 102 valence electrons. The maximum Gasteiger partial charge on any atom is 0.239 e. The van der Waals surface area contributed by atoms with Crippen molar-refractivity contribution in [3.63, 3.8) is 0 Å². The molecule has 0 amide bonds. The minimum Gasteiger partial charge on any atom is -0.355 e. The highest BCUT2D eigenvalue weighted by Gasteiger charge is 2.25. The van der Waals surface area contributed by atoms with Gasteiger partial charge in [0.25, 0.3) is 0 Å². The minimum absolute atomic E-state index is 0.500. The molecule has 1 atom stereocenters. The van der Waals surface area contributed by atoms with Gasteiger partial charge in [-0.15, -0.1) is 11.3 Å². The number of anilines is 2. The van der Waals surface area contributed by atoms with Crippen molar-refractivity contribution in [3.05, 3.63) is 11.4 Å². The van der Waals surface area contributed by atoms with Crippen molar-refractivity contribution < 1.29 is 0 Å². The lowest BCUT2D eigenvalue weighted by molar-refractivity contribution is 0.529. The number of hydrogen-bond acceptors (Lipinski definition) is 6. The molecule has 3 heterocycles. The van der Waals surface area contributed by atoms with Gasteiger partial charge >= 0.3 is 0 Å². The first-order valence-corrected chi connectivity index (χ1v) is 7.66. The molecule has 6 heteroatoms. The second-order valence-corrected chi connectivity index (χ2v) is 5.96. The second kappa shape index (κ2) is 5.30. The van der Waals surface area contributed by atoms with E-state index in [0.717, 1.165) is 35.0 Å². The van der Waals surface area contributed by atoms with Gasteiger partial charge in [0, 0.05) is 13.1 Å². The third-order valence-corrected chi connectivity index (χ3v) is 4.60. The van der Waals surface area contributed by atoms with Crippen molar-refractivity contribution in [1.29, 1.82) is 0 Å². The van der Waals surface area contributed by atoms with Crippen LogP contribution in [0.1, 0.15) is 26.2 Å². The molecule has 1 aliphatic heterocycles. The Morgan fingerprint density at radius 3 is 3.21 bits per heavy atom. The summed E-state index contributed by atoms with van der Waals surface area (Å²) in [4.78, 5) is 11.3. The number of nitrogen functional groups attached to an aromatic ring is 1. The van der Waals surface area contributed by atoms with Crippen LogP contribution in [-0.4, -0.2) is 23.1 Å². The lowest BCUT2D eigenvalue weighted by atomic mass is 10.0. The molecular weight excluding hydrogens is 258 g/mol. The second-order valence-electron chi connectivity index (χ2n) is 5.04. The lowest BCUT2D eigenvalue weighted by Gasteiger charge is -2.18. The number of nitrogens with two attached hydrogens (primary N) is 1. The van der Waals surface area contributed by atoms with E-state index in [-0.39, 0.29) is 0 Å². The first kappa shape index (κ1) is 12.6. The molecule has 1 aliphatic rings. The molecule has 2 aromatic rings. The van der Waals surface area contributed by atoms with Gasteiger partial charge in [-0.05, 0) is 30.2 Å². The highest BCUT2D eigenvalue weighted by atomic mass is 32.1. The Balaban J connectivity index is 1.93. The number of nitrogens with one attached hydrogen (secondary N) is 1. The SMILES string of the molecule is CCCC1CCN(c2nc(NN)nc3ccsc23)C1. The topological polar surface area (TPSA) is 67.1 Å². The number of aromatic nitrogens is 2. The maximum absolute atomic E-state index is 5.46. The summed E-state index contributed by atoms with van der Waals surface area (Å²) in [6.45, 7) is 4.43. The Hall–Kier alpha value is -1.40. The van der Waals surface area contributed by atoms with E-state index in [1.165, 1.54) is 19.3 Å². The van der Waals surface area contributed by atoms with Crippen LogP contribution in [0.15, 0.2) is 11.4 Å². The monoisotopic (exact) mass is 277 g/mol. The van der Waals surface area contributed by atoms with E-state index >= 15 is 0 Å². The average molecular weight is 277 g/mol. The number of thiophene rings is 1. The van der Waals surface area contributed by atoms with Crippen LogP contribution in [0.2, 0.25) is 0 Å². The van der Waals surface area contributed by atoms with Crippen LogP contribution in [0.5, 0.6) is 0 Å². The molecule has 19 heavy (non-hydrogen) atoms. The minimum atomic E-state index is 0.500. The van der Waals surface area contributed by atoms with Crippen LogP contribution in [0.25, 0.3) is 10.2 Å². The Labute approximate surface area is 116 Å². The predicted molar refractivity (Wildman–Crippen MR) is 80.5 cm³/mol. The number of hydrogen-bond donors (Lipinski definition) is 2. The molecule has 0 aliphatic carbocycles. The molecule has 0 radical (unpaired) electrons. The summed E-state index contributed by atoms with van der Waals surface area (Å²) in [5, 5.41) is 2.06. The van der Waals surface area contributed by atoms with E-state index in [0.29, 0.717) is 5.95 Å². The molecule has 3 N–H and O–H groups in total. The molecule has 0 spiro atoms. The fourth-order valence-corrected chi connectivity index (χ4v) is 3.64. The summed E-state index contributed by atoms with van der Waals surface area (Å²) < 4.78 is 1.16. The van der Waals surface area contributed by atoms with Gasteiger partial charge in [-0.3, -0.25) is 5.43 Å². The van der Waals surface area contributed by atoms with Crippen LogP contribution in [0.3, 0.4) is 0 Å². The van der Waals surface area contributed by atoms with Crippen LogP contribution in [-0.2, 0) is 0 Å². The Kier molecular flexibility index (Phi) is 3.52. The molecule has 1 saturated heterocycles. The fourth-order valence-electron chi connectivity index (χ4n) is 2.80. The highest BCUT2D eigenvalue weighted by molar-refractivity contribution is 7.17. The zero-order valence-corrected chi connectivity index (χ0v) is 11.9. The zero-order valence-electron chi connectivity index (χ0n) is 11.1. The van der Waals surface area contributed by atoms with E-state index in [4.69, 9.17) is 5.84 Å². The Morgan fingerprint density at radius 2 is 2.42 bits per heavy atom. The highest BCUT2D eigenvalue weighted by Crippen LogP contribution is 2.33. The summed E-state index contributed by atoms with van der Waals surface area (Å²) in [7, 11) is 0. The van der Waals surface area contributed by atoms with Gasteiger partial charge < -0.3 is 4.90 Å². The van der Waals surface area contributed by atoms with E-state index in [2.05, 4.69) is 32.6 Å². The van der Waals surface area contributed by atoms with Crippen LogP contribution in [0.4, 0.5) is 11.8 Å². The van der Waals surface area contributed by atoms with E-state index in [1.54, 1.807) is 11.3 Å². The molecule has 5 nitrogen and oxygen atoms in total. The quantitative estimate of drug-likeness (QED) is 0.664. The van der Waals surface area contributed by atoms with Gasteiger partial charge in [0.05, 0.1) is 10.2 Å². The van der Waals surface area contributed by atoms with E-state index < -0.39 is 0 Å². The smallest absolute Gasteiger partial charge is 0.239 e. The number of nitrogens with zero attached hydrogens (tertiary/aromatic N) is 3. The van der Waals surface area contributed by atoms with E-state index in [9.17, 15) is 0 Å². The third kappa shape index (κ3) is 2.37. The first-order chi connectivity index (χ1) is 9.31. The molecule has 3 rings (SSSR count). The molecule has 0 bridgehead atoms. The summed E-state index contributed by atoms with van der Waals surface area (Å²) in [5.41, 5.74) is 3.54. The number of hydrazine groups is 1. The molecule has 1 fully saturated rings. The van der Waals surface area contributed by atoms with Crippen molar-refractivity contribution in [2.45, 2.75) is 26.2 Å². The molecular formula is C13H19N5S.